The summed E-state index contributed by atoms with van der Waals surface area (Å²) in [6, 6.07) is 16.7. The molecule has 2 aromatic carbocycles. The van der Waals surface area contributed by atoms with Crippen molar-refractivity contribution in [3.8, 4) is 5.75 Å². The highest BCUT2D eigenvalue weighted by atomic mass is 32.2. The molecule has 7 nitrogen and oxygen atoms in total. The van der Waals surface area contributed by atoms with Gasteiger partial charge in [-0.1, -0.05) is 25.1 Å². The summed E-state index contributed by atoms with van der Waals surface area (Å²) in [6.45, 7) is 3.78. The minimum atomic E-state index is -3.75. The highest BCUT2D eigenvalue weighted by Crippen LogP contribution is 2.21. The van der Waals surface area contributed by atoms with Gasteiger partial charge in [0, 0.05) is 11.9 Å². The van der Waals surface area contributed by atoms with Crippen LogP contribution in [0, 0.1) is 6.92 Å². The van der Waals surface area contributed by atoms with Crippen molar-refractivity contribution in [1.29, 1.82) is 0 Å². The maximum Gasteiger partial charge on any atom is 0.265 e. The predicted octanol–water partition coefficient (Wildman–Crippen LogP) is 3.99. The number of aromatic nitrogens is 1. The minimum absolute atomic E-state index is 0.0764. The number of carbonyl (C=O) groups is 1. The van der Waals surface area contributed by atoms with E-state index < -0.39 is 16.1 Å². The Morgan fingerprint density at radius 1 is 1.03 bits per heavy atom. The van der Waals surface area contributed by atoms with Gasteiger partial charge in [0.1, 0.15) is 5.75 Å². The molecule has 2 N–H and O–H groups in total. The van der Waals surface area contributed by atoms with Gasteiger partial charge in [0.25, 0.3) is 15.9 Å². The first-order valence-electron chi connectivity index (χ1n) is 9.45. The number of nitrogens with zero attached hydrogens (tertiary/aromatic N) is 1. The van der Waals surface area contributed by atoms with Crippen LogP contribution in [-0.4, -0.2) is 25.4 Å². The SMILES string of the molecule is CC[C@H](Oc1ccccc1C)C(=O)Nc1ccc(S(=O)(=O)Nc2cccnc2)cc1. The van der Waals surface area contributed by atoms with Crippen LogP contribution in [0.3, 0.4) is 0 Å². The predicted molar refractivity (Wildman–Crippen MR) is 116 cm³/mol. The van der Waals surface area contributed by atoms with E-state index in [2.05, 4.69) is 15.0 Å². The van der Waals surface area contributed by atoms with Crippen LogP contribution in [0.1, 0.15) is 18.9 Å². The number of amides is 1. The third kappa shape index (κ3) is 5.36. The monoisotopic (exact) mass is 425 g/mol. The number of ether oxygens (including phenoxy) is 1. The Kier molecular flexibility index (Phi) is 6.68. The lowest BCUT2D eigenvalue weighted by Crippen LogP contribution is -2.32. The van der Waals surface area contributed by atoms with E-state index in [1.807, 2.05) is 38.1 Å². The molecular weight excluding hydrogens is 402 g/mol. The average molecular weight is 426 g/mol. The summed E-state index contributed by atoms with van der Waals surface area (Å²) >= 11 is 0. The number of pyridine rings is 1. The first-order valence-corrected chi connectivity index (χ1v) is 10.9. The summed E-state index contributed by atoms with van der Waals surface area (Å²) < 4.78 is 33.3. The van der Waals surface area contributed by atoms with Gasteiger partial charge in [-0.05, 0) is 61.4 Å². The average Bonchev–Trinajstić information content (AvgIpc) is 2.74. The fourth-order valence-corrected chi connectivity index (χ4v) is 3.78. The summed E-state index contributed by atoms with van der Waals surface area (Å²) in [4.78, 5) is 16.6. The molecule has 0 unspecified atom stereocenters. The molecular formula is C22H23N3O4S. The zero-order valence-electron chi connectivity index (χ0n) is 16.7. The number of anilines is 2. The van der Waals surface area contributed by atoms with E-state index in [4.69, 9.17) is 4.74 Å². The molecule has 0 saturated carbocycles. The fourth-order valence-electron chi connectivity index (χ4n) is 2.74. The van der Waals surface area contributed by atoms with Gasteiger partial charge in [-0.2, -0.15) is 0 Å². The van der Waals surface area contributed by atoms with Crippen molar-refractivity contribution >= 4 is 27.3 Å². The molecule has 0 aliphatic rings. The molecule has 0 aliphatic carbocycles. The van der Waals surface area contributed by atoms with Gasteiger partial charge in [0.2, 0.25) is 0 Å². The van der Waals surface area contributed by atoms with Crippen LogP contribution in [-0.2, 0) is 14.8 Å². The molecule has 0 spiro atoms. The lowest BCUT2D eigenvalue weighted by Gasteiger charge is -2.18. The van der Waals surface area contributed by atoms with Gasteiger partial charge < -0.3 is 10.1 Å². The van der Waals surface area contributed by atoms with Crippen LogP contribution in [0.2, 0.25) is 0 Å². The normalized spacial score (nSPS) is 12.1. The summed E-state index contributed by atoms with van der Waals surface area (Å²) in [5.74, 6) is 0.354. The lowest BCUT2D eigenvalue weighted by molar-refractivity contribution is -0.122. The molecule has 3 rings (SSSR count). The number of benzene rings is 2. The van der Waals surface area contributed by atoms with Crippen LogP contribution in [0.25, 0.3) is 0 Å². The van der Waals surface area contributed by atoms with Gasteiger partial charge >= 0.3 is 0 Å². The number of rotatable bonds is 8. The van der Waals surface area contributed by atoms with Gasteiger partial charge in [-0.15, -0.1) is 0 Å². The second-order valence-electron chi connectivity index (χ2n) is 6.64. The molecule has 3 aromatic rings. The molecule has 0 fully saturated rings. The van der Waals surface area contributed by atoms with E-state index in [1.165, 1.54) is 30.5 Å². The van der Waals surface area contributed by atoms with E-state index in [1.54, 1.807) is 18.3 Å². The topological polar surface area (TPSA) is 97.4 Å². The van der Waals surface area contributed by atoms with Crippen molar-refractivity contribution in [3.05, 3.63) is 78.6 Å². The van der Waals surface area contributed by atoms with Crippen molar-refractivity contribution in [1.82, 2.24) is 4.98 Å². The molecule has 1 amide bonds. The third-order valence-electron chi connectivity index (χ3n) is 4.37. The standard InChI is InChI=1S/C22H23N3O4S/c1-3-20(29-21-9-5-4-7-16(21)2)22(26)24-17-10-12-19(13-11-17)30(27,28)25-18-8-6-14-23-15-18/h4-15,20,25H,3H2,1-2H3,(H,24,26)/t20-/m0/s1. The van der Waals surface area contributed by atoms with Gasteiger partial charge in [0.15, 0.2) is 6.10 Å². The Balaban J connectivity index is 1.67. The molecule has 8 heteroatoms. The molecule has 0 radical (unpaired) electrons. The van der Waals surface area contributed by atoms with Crippen molar-refractivity contribution in [2.24, 2.45) is 0 Å². The Morgan fingerprint density at radius 3 is 2.40 bits per heavy atom. The van der Waals surface area contributed by atoms with Crippen molar-refractivity contribution in [2.75, 3.05) is 10.0 Å². The van der Waals surface area contributed by atoms with Crippen molar-refractivity contribution in [3.63, 3.8) is 0 Å². The Bertz CT molecular complexity index is 1100. The lowest BCUT2D eigenvalue weighted by atomic mass is 10.2. The number of aryl methyl sites for hydroxylation is 1. The molecule has 1 atom stereocenters. The Morgan fingerprint density at radius 2 is 1.77 bits per heavy atom. The molecule has 30 heavy (non-hydrogen) atoms. The molecule has 1 aromatic heterocycles. The largest absolute Gasteiger partial charge is 0.480 e. The van der Waals surface area contributed by atoms with E-state index in [-0.39, 0.29) is 10.8 Å². The first-order chi connectivity index (χ1) is 14.4. The number of para-hydroxylation sites is 1. The van der Waals surface area contributed by atoms with Crippen molar-refractivity contribution < 1.29 is 17.9 Å². The Labute approximate surface area is 176 Å². The smallest absolute Gasteiger partial charge is 0.265 e. The van der Waals surface area contributed by atoms with Crippen LogP contribution < -0.4 is 14.8 Å². The number of hydrogen-bond acceptors (Lipinski definition) is 5. The second kappa shape index (κ2) is 9.41. The zero-order valence-corrected chi connectivity index (χ0v) is 17.5. The molecule has 0 saturated heterocycles. The van der Waals surface area contributed by atoms with Gasteiger partial charge in [-0.25, -0.2) is 8.42 Å². The number of sulfonamides is 1. The molecule has 156 valence electrons. The van der Waals surface area contributed by atoms with Crippen molar-refractivity contribution in [2.45, 2.75) is 31.3 Å². The maximum atomic E-state index is 12.6. The second-order valence-corrected chi connectivity index (χ2v) is 8.32. The maximum absolute atomic E-state index is 12.6. The number of hydrogen-bond donors (Lipinski definition) is 2. The number of nitrogens with one attached hydrogen (secondary N) is 2. The van der Waals surface area contributed by atoms with E-state index in [9.17, 15) is 13.2 Å². The van der Waals surface area contributed by atoms with Gasteiger partial charge in [0.05, 0.1) is 16.8 Å². The zero-order chi connectivity index (χ0) is 21.6. The quantitative estimate of drug-likeness (QED) is 0.569. The summed E-state index contributed by atoms with van der Waals surface area (Å²) in [5, 5.41) is 2.77. The highest BCUT2D eigenvalue weighted by Gasteiger charge is 2.20. The third-order valence-corrected chi connectivity index (χ3v) is 5.77. The summed E-state index contributed by atoms with van der Waals surface area (Å²) in [6.07, 6.45) is 2.80. The van der Waals surface area contributed by atoms with E-state index in [0.29, 0.717) is 23.5 Å². The summed E-state index contributed by atoms with van der Waals surface area (Å²) in [7, 11) is -3.75. The highest BCUT2D eigenvalue weighted by molar-refractivity contribution is 7.92. The minimum Gasteiger partial charge on any atom is -0.480 e. The van der Waals surface area contributed by atoms with Crippen LogP contribution in [0.4, 0.5) is 11.4 Å². The molecule has 0 bridgehead atoms. The molecule has 0 aliphatic heterocycles. The van der Waals surface area contributed by atoms with Crippen LogP contribution in [0.5, 0.6) is 5.75 Å². The van der Waals surface area contributed by atoms with Crippen LogP contribution >= 0.6 is 0 Å². The van der Waals surface area contributed by atoms with E-state index >= 15 is 0 Å². The molecule has 1 heterocycles. The van der Waals surface area contributed by atoms with E-state index in [0.717, 1.165) is 5.56 Å². The number of carbonyl (C=O) groups excluding carboxylic acids is 1. The van der Waals surface area contributed by atoms with Gasteiger partial charge in [-0.3, -0.25) is 14.5 Å². The van der Waals surface area contributed by atoms with Crippen LogP contribution in [0.15, 0.2) is 78.0 Å². The Hall–Kier alpha value is -3.39. The fraction of sp³-hybridized carbons (Fsp3) is 0.182. The summed E-state index contributed by atoms with van der Waals surface area (Å²) in [5.41, 5.74) is 1.79. The first kappa shape index (κ1) is 21.3.